The van der Waals surface area contributed by atoms with Gasteiger partial charge in [-0.15, -0.1) is 0 Å². The van der Waals surface area contributed by atoms with Gasteiger partial charge in [0.25, 0.3) is 17.7 Å². The van der Waals surface area contributed by atoms with Crippen LogP contribution in [0.15, 0.2) is 67.0 Å². The standard InChI is InChI=1S/C23H18N4O5/c1-14(19(28)26-23-24-10-5-11-25-23)32-22(31)16-8-9-17-18(12-16)21(30)27(20(17)29)13-15-6-3-2-4-7-15/h2-12,14H,13H2,1H3,(H,24,25,26,28). The lowest BCUT2D eigenvalue weighted by molar-refractivity contribution is -0.123. The first kappa shape index (κ1) is 20.9. The van der Waals surface area contributed by atoms with Crippen molar-refractivity contribution in [1.29, 1.82) is 0 Å². The summed E-state index contributed by atoms with van der Waals surface area (Å²) in [5.74, 6) is -2.24. The van der Waals surface area contributed by atoms with Crippen LogP contribution in [0.25, 0.3) is 0 Å². The highest BCUT2D eigenvalue weighted by Gasteiger charge is 2.36. The number of carbonyl (C=O) groups is 4. The molecule has 2 heterocycles. The first-order valence-corrected chi connectivity index (χ1v) is 9.77. The Morgan fingerprint density at radius 1 is 0.969 bits per heavy atom. The van der Waals surface area contributed by atoms with Crippen molar-refractivity contribution >= 4 is 29.6 Å². The van der Waals surface area contributed by atoms with Crippen LogP contribution in [0.2, 0.25) is 0 Å². The molecule has 0 saturated carbocycles. The average molecular weight is 430 g/mol. The van der Waals surface area contributed by atoms with E-state index in [1.807, 2.05) is 30.3 Å². The number of hydrogen-bond acceptors (Lipinski definition) is 7. The zero-order valence-corrected chi connectivity index (χ0v) is 17.0. The second-order valence-electron chi connectivity index (χ2n) is 7.05. The van der Waals surface area contributed by atoms with E-state index in [0.29, 0.717) is 0 Å². The predicted molar refractivity (Wildman–Crippen MR) is 113 cm³/mol. The molecule has 0 fully saturated rings. The van der Waals surface area contributed by atoms with Crippen molar-refractivity contribution in [3.05, 3.63) is 89.2 Å². The van der Waals surface area contributed by atoms with Gasteiger partial charge in [0, 0.05) is 12.4 Å². The van der Waals surface area contributed by atoms with Crippen LogP contribution >= 0.6 is 0 Å². The van der Waals surface area contributed by atoms with E-state index in [2.05, 4.69) is 15.3 Å². The molecule has 1 N–H and O–H groups in total. The molecule has 9 nitrogen and oxygen atoms in total. The second-order valence-corrected chi connectivity index (χ2v) is 7.05. The summed E-state index contributed by atoms with van der Waals surface area (Å²) in [5, 5.41) is 2.44. The zero-order valence-electron chi connectivity index (χ0n) is 17.0. The SMILES string of the molecule is CC(OC(=O)c1ccc2c(c1)C(=O)N(Cc1ccccc1)C2=O)C(=O)Nc1ncccn1. The fourth-order valence-corrected chi connectivity index (χ4v) is 3.18. The number of aromatic nitrogens is 2. The normalized spacial score (nSPS) is 13.5. The average Bonchev–Trinajstić information content (AvgIpc) is 3.04. The van der Waals surface area contributed by atoms with Gasteiger partial charge in [-0.05, 0) is 36.8 Å². The number of rotatable bonds is 6. The van der Waals surface area contributed by atoms with Gasteiger partial charge < -0.3 is 4.74 Å². The van der Waals surface area contributed by atoms with E-state index >= 15 is 0 Å². The Bertz CT molecular complexity index is 1200. The number of imide groups is 1. The van der Waals surface area contributed by atoms with Crippen molar-refractivity contribution in [2.24, 2.45) is 0 Å². The van der Waals surface area contributed by atoms with E-state index in [9.17, 15) is 19.2 Å². The number of esters is 1. The molecule has 2 aromatic carbocycles. The zero-order chi connectivity index (χ0) is 22.7. The van der Waals surface area contributed by atoms with Crippen molar-refractivity contribution in [2.45, 2.75) is 19.6 Å². The number of ether oxygens (including phenoxy) is 1. The Hall–Kier alpha value is -4.40. The third-order valence-electron chi connectivity index (χ3n) is 4.84. The predicted octanol–water partition coefficient (Wildman–Crippen LogP) is 2.46. The Morgan fingerprint density at radius 2 is 1.66 bits per heavy atom. The van der Waals surface area contributed by atoms with E-state index in [0.717, 1.165) is 10.5 Å². The summed E-state index contributed by atoms with van der Waals surface area (Å²) in [4.78, 5) is 59.1. The van der Waals surface area contributed by atoms with Crippen LogP contribution in [0, 0.1) is 0 Å². The van der Waals surface area contributed by atoms with Gasteiger partial charge in [-0.3, -0.25) is 24.6 Å². The lowest BCUT2D eigenvalue weighted by Crippen LogP contribution is -2.30. The van der Waals surface area contributed by atoms with Gasteiger partial charge in [0.05, 0.1) is 23.2 Å². The van der Waals surface area contributed by atoms with Crippen LogP contribution in [0.4, 0.5) is 5.95 Å². The monoisotopic (exact) mass is 430 g/mol. The van der Waals surface area contributed by atoms with Crippen LogP contribution in [0.1, 0.15) is 43.6 Å². The number of nitrogens with zero attached hydrogens (tertiary/aromatic N) is 3. The van der Waals surface area contributed by atoms with Gasteiger partial charge in [-0.25, -0.2) is 14.8 Å². The van der Waals surface area contributed by atoms with E-state index in [-0.39, 0.29) is 29.2 Å². The summed E-state index contributed by atoms with van der Waals surface area (Å²) in [7, 11) is 0. The first-order valence-electron chi connectivity index (χ1n) is 9.77. The van der Waals surface area contributed by atoms with Gasteiger partial charge in [0.2, 0.25) is 5.95 Å². The summed E-state index contributed by atoms with van der Waals surface area (Å²) in [5.41, 5.74) is 1.20. The van der Waals surface area contributed by atoms with E-state index in [4.69, 9.17) is 4.74 Å². The number of hydrogen-bond donors (Lipinski definition) is 1. The highest BCUT2D eigenvalue weighted by molar-refractivity contribution is 6.21. The largest absolute Gasteiger partial charge is 0.449 e. The van der Waals surface area contributed by atoms with Crippen molar-refractivity contribution in [1.82, 2.24) is 14.9 Å². The van der Waals surface area contributed by atoms with Gasteiger partial charge in [0.1, 0.15) is 0 Å². The first-order chi connectivity index (χ1) is 15.4. The number of fused-ring (bicyclic) bond motifs is 1. The molecule has 0 saturated heterocycles. The third-order valence-corrected chi connectivity index (χ3v) is 4.84. The minimum atomic E-state index is -1.13. The van der Waals surface area contributed by atoms with Crippen LogP contribution in [0.3, 0.4) is 0 Å². The molecule has 1 unspecified atom stereocenters. The molecule has 160 valence electrons. The quantitative estimate of drug-likeness (QED) is 0.471. The summed E-state index contributed by atoms with van der Waals surface area (Å²) in [6.07, 6.45) is 1.79. The lowest BCUT2D eigenvalue weighted by Gasteiger charge is -2.13. The summed E-state index contributed by atoms with van der Waals surface area (Å²) in [6, 6.07) is 14.8. The Balaban J connectivity index is 1.45. The van der Waals surface area contributed by atoms with Crippen molar-refractivity contribution in [2.75, 3.05) is 5.32 Å². The second kappa shape index (κ2) is 8.76. The fourth-order valence-electron chi connectivity index (χ4n) is 3.18. The molecule has 4 rings (SSSR count). The fraction of sp³-hybridized carbons (Fsp3) is 0.130. The van der Waals surface area contributed by atoms with Gasteiger partial charge in [0.15, 0.2) is 6.10 Å². The van der Waals surface area contributed by atoms with Crippen molar-refractivity contribution < 1.29 is 23.9 Å². The molecule has 1 atom stereocenters. The number of benzene rings is 2. The molecule has 3 aromatic rings. The van der Waals surface area contributed by atoms with Crippen molar-refractivity contribution in [3.8, 4) is 0 Å². The molecule has 9 heteroatoms. The molecule has 0 aliphatic carbocycles. The topological polar surface area (TPSA) is 119 Å². The summed E-state index contributed by atoms with van der Waals surface area (Å²) in [6.45, 7) is 1.53. The highest BCUT2D eigenvalue weighted by atomic mass is 16.5. The molecule has 3 amide bonds. The minimum Gasteiger partial charge on any atom is -0.449 e. The molecular weight excluding hydrogens is 412 g/mol. The molecular formula is C23H18N4O5. The number of carbonyl (C=O) groups excluding carboxylic acids is 4. The lowest BCUT2D eigenvalue weighted by atomic mass is 10.1. The maximum absolute atomic E-state index is 12.8. The van der Waals surface area contributed by atoms with Crippen molar-refractivity contribution in [3.63, 3.8) is 0 Å². The molecule has 0 radical (unpaired) electrons. The Labute approximate surface area is 183 Å². The van der Waals surface area contributed by atoms with Crippen LogP contribution < -0.4 is 5.32 Å². The van der Waals surface area contributed by atoms with E-state index < -0.39 is 29.8 Å². The smallest absolute Gasteiger partial charge is 0.338 e. The summed E-state index contributed by atoms with van der Waals surface area (Å²) >= 11 is 0. The molecule has 32 heavy (non-hydrogen) atoms. The number of anilines is 1. The van der Waals surface area contributed by atoms with Gasteiger partial charge >= 0.3 is 5.97 Å². The molecule has 0 spiro atoms. The van der Waals surface area contributed by atoms with Crippen LogP contribution in [0.5, 0.6) is 0 Å². The molecule has 1 aliphatic heterocycles. The van der Waals surface area contributed by atoms with Gasteiger partial charge in [-0.1, -0.05) is 30.3 Å². The van der Waals surface area contributed by atoms with Gasteiger partial charge in [-0.2, -0.15) is 0 Å². The maximum Gasteiger partial charge on any atom is 0.338 e. The molecule has 0 bridgehead atoms. The summed E-state index contributed by atoms with van der Waals surface area (Å²) < 4.78 is 5.20. The maximum atomic E-state index is 12.8. The number of nitrogens with one attached hydrogen (secondary N) is 1. The molecule has 1 aliphatic rings. The number of amides is 3. The van der Waals surface area contributed by atoms with Crippen LogP contribution in [-0.2, 0) is 16.1 Å². The third kappa shape index (κ3) is 4.22. The Kier molecular flexibility index (Phi) is 5.71. The molecule has 1 aromatic heterocycles. The minimum absolute atomic E-state index is 0.0575. The van der Waals surface area contributed by atoms with E-state index in [1.54, 1.807) is 6.07 Å². The Morgan fingerprint density at radius 3 is 2.38 bits per heavy atom. The van der Waals surface area contributed by atoms with E-state index in [1.165, 1.54) is 37.5 Å². The highest BCUT2D eigenvalue weighted by Crippen LogP contribution is 2.26. The van der Waals surface area contributed by atoms with Crippen LogP contribution in [-0.4, -0.2) is 44.7 Å².